The van der Waals surface area contributed by atoms with Gasteiger partial charge in [-0.25, -0.2) is 13.9 Å². The van der Waals surface area contributed by atoms with E-state index in [9.17, 15) is 14.7 Å². The Balaban J connectivity index is 1.53. The van der Waals surface area contributed by atoms with Crippen LogP contribution in [0, 0.1) is 18.7 Å². The molecule has 3 atom stereocenters. The Hall–Kier alpha value is -4.11. The van der Waals surface area contributed by atoms with Crippen LogP contribution in [0.1, 0.15) is 53.2 Å². The molecule has 2 heterocycles. The number of carbonyl (C=O) groups is 2. The summed E-state index contributed by atoms with van der Waals surface area (Å²) >= 11 is 6.30. The molecule has 0 saturated heterocycles. The maximum absolute atomic E-state index is 15.6. The lowest BCUT2D eigenvalue weighted by atomic mass is 9.86. The highest BCUT2D eigenvalue weighted by Gasteiger charge is 2.43. The van der Waals surface area contributed by atoms with Crippen LogP contribution in [-0.2, 0) is 4.79 Å². The van der Waals surface area contributed by atoms with E-state index in [-0.39, 0.29) is 29.9 Å². The highest BCUT2D eigenvalue weighted by atomic mass is 35.5. The van der Waals surface area contributed by atoms with E-state index in [4.69, 9.17) is 21.4 Å². The summed E-state index contributed by atoms with van der Waals surface area (Å²) in [6, 6.07) is 14.9. The summed E-state index contributed by atoms with van der Waals surface area (Å²) < 4.78 is 23.8. The lowest BCUT2D eigenvalue weighted by Gasteiger charge is -2.44. The number of aromatic carboxylic acids is 1. The Bertz CT molecular complexity index is 1650. The fraction of sp³-hybridized carbons (Fsp3) is 0.323. The average Bonchev–Trinajstić information content (AvgIpc) is 3.70. The zero-order chi connectivity index (χ0) is 28.8. The Morgan fingerprint density at radius 2 is 2.07 bits per heavy atom. The molecule has 1 aliphatic carbocycles. The fourth-order valence-electron chi connectivity index (χ4n) is 5.94. The summed E-state index contributed by atoms with van der Waals surface area (Å²) in [5.74, 6) is -0.658. The van der Waals surface area contributed by atoms with Crippen LogP contribution in [0.25, 0.3) is 10.9 Å². The van der Waals surface area contributed by atoms with Gasteiger partial charge in [-0.2, -0.15) is 5.10 Å². The van der Waals surface area contributed by atoms with Gasteiger partial charge in [-0.1, -0.05) is 36.7 Å². The minimum Gasteiger partial charge on any atom is -0.478 e. The van der Waals surface area contributed by atoms with Gasteiger partial charge in [0.05, 0.1) is 39.9 Å². The van der Waals surface area contributed by atoms with Crippen LogP contribution < -0.4 is 15.0 Å². The first-order chi connectivity index (χ1) is 19.8. The summed E-state index contributed by atoms with van der Waals surface area (Å²) in [5.41, 5.74) is 3.10. The Morgan fingerprint density at radius 3 is 2.80 bits per heavy atom. The topological polar surface area (TPSA) is 96.7 Å². The van der Waals surface area contributed by atoms with E-state index < -0.39 is 12.0 Å². The molecule has 6 rings (SSSR count). The van der Waals surface area contributed by atoms with Gasteiger partial charge in [-0.3, -0.25) is 4.79 Å². The molecule has 1 aliphatic heterocycles. The molecule has 2 unspecified atom stereocenters. The van der Waals surface area contributed by atoms with Gasteiger partial charge in [0.25, 0.3) is 0 Å². The molecule has 3 aromatic carbocycles. The molecule has 1 amide bonds. The van der Waals surface area contributed by atoms with Gasteiger partial charge in [-0.05, 0) is 73.2 Å². The third-order valence-corrected chi connectivity index (χ3v) is 8.46. The van der Waals surface area contributed by atoms with Crippen molar-refractivity contribution < 1.29 is 23.8 Å². The van der Waals surface area contributed by atoms with Gasteiger partial charge in [0.1, 0.15) is 12.4 Å². The number of hydrogen-bond donors (Lipinski definition) is 2. The maximum Gasteiger partial charge on any atom is 0.335 e. The monoisotopic (exact) mass is 576 g/mol. The molecule has 0 radical (unpaired) electrons. The van der Waals surface area contributed by atoms with Crippen LogP contribution in [0.5, 0.6) is 5.88 Å². The third-order valence-electron chi connectivity index (χ3n) is 8.23. The Labute approximate surface area is 241 Å². The summed E-state index contributed by atoms with van der Waals surface area (Å²) in [6.45, 7) is 4.72. The van der Waals surface area contributed by atoms with E-state index in [0.29, 0.717) is 57.5 Å². The molecule has 0 bridgehead atoms. The second-order valence-electron chi connectivity index (χ2n) is 10.9. The average molecular weight is 577 g/mol. The first kappa shape index (κ1) is 27.1. The normalized spacial score (nSPS) is 18.8. The van der Waals surface area contributed by atoms with Crippen LogP contribution in [0.3, 0.4) is 0 Å². The van der Waals surface area contributed by atoms with Crippen molar-refractivity contribution in [3.63, 3.8) is 0 Å². The molecule has 4 aromatic rings. The van der Waals surface area contributed by atoms with E-state index in [0.717, 1.165) is 18.5 Å². The highest BCUT2D eigenvalue weighted by Crippen LogP contribution is 2.46. The quantitative estimate of drug-likeness (QED) is 0.223. The van der Waals surface area contributed by atoms with Crippen LogP contribution in [0.15, 0.2) is 54.6 Å². The number of carboxylic acids is 1. The number of anilines is 2. The first-order valence-corrected chi connectivity index (χ1v) is 14.0. The third kappa shape index (κ3) is 4.99. The lowest BCUT2D eigenvalue weighted by Crippen LogP contribution is -2.51. The van der Waals surface area contributed by atoms with E-state index >= 15 is 4.39 Å². The summed E-state index contributed by atoms with van der Waals surface area (Å²) in [7, 11) is 0. The van der Waals surface area contributed by atoms with Crippen molar-refractivity contribution in [2.75, 3.05) is 23.4 Å². The van der Waals surface area contributed by atoms with Crippen LogP contribution in [-0.4, -0.2) is 46.5 Å². The van der Waals surface area contributed by atoms with Crippen LogP contribution in [0.2, 0.25) is 5.02 Å². The zero-order valence-corrected chi connectivity index (χ0v) is 23.4. The van der Waals surface area contributed by atoms with Crippen molar-refractivity contribution in [1.82, 2.24) is 9.78 Å². The second-order valence-corrected chi connectivity index (χ2v) is 11.4. The molecule has 212 valence electrons. The SMILES string of the molecule is Cc1cccc([C@H](C)C2C(N(CC3CC3)c3ccc(Cl)cc3NC=O)COc3c4ccc(C(=O)O)cc4nn32)c1F. The van der Waals surface area contributed by atoms with Crippen LogP contribution in [0.4, 0.5) is 15.8 Å². The second kappa shape index (κ2) is 10.7. The van der Waals surface area contributed by atoms with Gasteiger partial charge in [0, 0.05) is 17.5 Å². The smallest absolute Gasteiger partial charge is 0.335 e. The Kier molecular flexibility index (Phi) is 7.07. The summed E-state index contributed by atoms with van der Waals surface area (Å²) in [5, 5.41) is 18.4. The number of aromatic nitrogens is 2. The largest absolute Gasteiger partial charge is 0.478 e. The molecule has 1 fully saturated rings. The number of halogens is 2. The van der Waals surface area contributed by atoms with Gasteiger partial charge < -0.3 is 20.1 Å². The predicted octanol–water partition coefficient (Wildman–Crippen LogP) is 6.43. The number of ether oxygens (including phenoxy) is 1. The minimum absolute atomic E-state index is 0.125. The maximum atomic E-state index is 15.6. The first-order valence-electron chi connectivity index (χ1n) is 13.7. The molecule has 1 aromatic heterocycles. The number of hydrogen-bond acceptors (Lipinski definition) is 5. The van der Waals surface area contributed by atoms with Crippen molar-refractivity contribution in [3.8, 4) is 5.88 Å². The number of rotatable bonds is 9. The number of carbonyl (C=O) groups excluding carboxylic acids is 1. The van der Waals surface area contributed by atoms with Crippen molar-refractivity contribution >= 4 is 46.3 Å². The molecule has 10 heteroatoms. The van der Waals surface area contributed by atoms with Crippen molar-refractivity contribution in [2.45, 2.75) is 44.7 Å². The fourth-order valence-corrected chi connectivity index (χ4v) is 6.11. The molecule has 2 N–H and O–H groups in total. The standard InChI is InChI=1S/C31H30ClFN4O4/c1-17-4-3-5-22(28(17)33)18(2)29-27(15-41-30-23-10-8-20(31(39)40)12-24(23)35-37(29)30)36(14-19-6-7-19)26-11-9-21(32)13-25(26)34-16-38/h3-5,8-13,16,18-19,27,29H,6-7,14-15H2,1-2H3,(H,34,38)(H,39,40)/t18-,27?,29?/m0/s1. The van der Waals surface area contributed by atoms with Gasteiger partial charge in [0.2, 0.25) is 12.3 Å². The van der Waals surface area contributed by atoms with Crippen LogP contribution >= 0.6 is 11.6 Å². The van der Waals surface area contributed by atoms with Crippen molar-refractivity contribution in [1.29, 1.82) is 0 Å². The number of benzene rings is 3. The van der Waals surface area contributed by atoms with E-state index in [1.165, 1.54) is 12.1 Å². The molecular formula is C31H30ClFN4O4. The summed E-state index contributed by atoms with van der Waals surface area (Å²) in [6.07, 6.45) is 2.81. The summed E-state index contributed by atoms with van der Waals surface area (Å²) in [4.78, 5) is 25.4. The Morgan fingerprint density at radius 1 is 1.27 bits per heavy atom. The van der Waals surface area contributed by atoms with Gasteiger partial charge >= 0.3 is 5.97 Å². The van der Waals surface area contributed by atoms with E-state index in [1.54, 1.807) is 41.9 Å². The highest BCUT2D eigenvalue weighted by molar-refractivity contribution is 6.31. The van der Waals surface area contributed by atoms with Crippen molar-refractivity contribution in [3.05, 3.63) is 82.1 Å². The number of aryl methyl sites for hydroxylation is 1. The molecule has 8 nitrogen and oxygen atoms in total. The lowest BCUT2D eigenvalue weighted by molar-refractivity contribution is -0.105. The molecular weight excluding hydrogens is 547 g/mol. The number of nitrogens with zero attached hydrogens (tertiary/aromatic N) is 3. The number of nitrogens with one attached hydrogen (secondary N) is 1. The molecule has 0 spiro atoms. The number of amides is 1. The van der Waals surface area contributed by atoms with E-state index in [1.807, 2.05) is 19.1 Å². The molecule has 1 saturated carbocycles. The van der Waals surface area contributed by atoms with E-state index in [2.05, 4.69) is 10.2 Å². The number of fused-ring (bicyclic) bond motifs is 3. The predicted molar refractivity (Wildman–Crippen MR) is 156 cm³/mol. The van der Waals surface area contributed by atoms with Gasteiger partial charge in [0.15, 0.2) is 0 Å². The molecule has 41 heavy (non-hydrogen) atoms. The minimum atomic E-state index is -1.04. The van der Waals surface area contributed by atoms with Crippen molar-refractivity contribution in [2.24, 2.45) is 5.92 Å². The van der Waals surface area contributed by atoms with Gasteiger partial charge in [-0.15, -0.1) is 0 Å². The molecule has 2 aliphatic rings. The zero-order valence-electron chi connectivity index (χ0n) is 22.7. The number of carboxylic acid groups (broad SMARTS) is 1.